The lowest BCUT2D eigenvalue weighted by Crippen LogP contribution is -2.33. The maximum atomic E-state index is 14.1. The average Bonchev–Trinajstić information content (AvgIpc) is 2.70. The molecule has 2 aromatic rings. The van der Waals surface area contributed by atoms with Crippen LogP contribution in [0.5, 0.6) is 11.5 Å². The summed E-state index contributed by atoms with van der Waals surface area (Å²) >= 11 is 0. The quantitative estimate of drug-likeness (QED) is 0.782. The molecular formula is C21H25FN2O3. The highest BCUT2D eigenvalue weighted by Gasteiger charge is 2.18. The molecule has 1 amide bonds. The summed E-state index contributed by atoms with van der Waals surface area (Å²) in [5, 5.41) is 2.80. The first-order chi connectivity index (χ1) is 13.2. The molecule has 1 atom stereocenters. The molecule has 0 saturated carbocycles. The first-order valence-corrected chi connectivity index (χ1v) is 9.28. The largest absolute Gasteiger partial charge is 0.457 e. The molecule has 0 bridgehead atoms. The van der Waals surface area contributed by atoms with E-state index >= 15 is 0 Å². The van der Waals surface area contributed by atoms with Gasteiger partial charge in [-0.1, -0.05) is 12.1 Å². The van der Waals surface area contributed by atoms with Gasteiger partial charge in [0.15, 0.2) is 0 Å². The molecule has 144 valence electrons. The zero-order valence-corrected chi connectivity index (χ0v) is 15.2. The van der Waals surface area contributed by atoms with Gasteiger partial charge < -0.3 is 20.5 Å². The van der Waals surface area contributed by atoms with Crippen LogP contribution in [0.3, 0.4) is 0 Å². The molecule has 3 rings (SSSR count). The number of carbonyl (C=O) groups is 1. The van der Waals surface area contributed by atoms with Gasteiger partial charge in [0.05, 0.1) is 12.2 Å². The SMILES string of the molecule is NCCc1ccc(Oc2ccc(F)c(C(=O)NCC3CCCOC3)c2)cc1. The molecule has 1 fully saturated rings. The summed E-state index contributed by atoms with van der Waals surface area (Å²) in [6, 6.07) is 11.7. The van der Waals surface area contributed by atoms with E-state index in [0.717, 1.165) is 31.4 Å². The summed E-state index contributed by atoms with van der Waals surface area (Å²) in [6.07, 6.45) is 2.79. The van der Waals surface area contributed by atoms with E-state index in [0.29, 0.717) is 31.2 Å². The number of ether oxygens (including phenoxy) is 2. The summed E-state index contributed by atoms with van der Waals surface area (Å²) < 4.78 is 25.3. The van der Waals surface area contributed by atoms with E-state index in [9.17, 15) is 9.18 Å². The lowest BCUT2D eigenvalue weighted by molar-refractivity contribution is 0.0536. The van der Waals surface area contributed by atoms with Gasteiger partial charge in [-0.05, 0) is 67.6 Å². The minimum absolute atomic E-state index is 0.0241. The van der Waals surface area contributed by atoms with Crippen molar-refractivity contribution in [1.82, 2.24) is 5.32 Å². The van der Waals surface area contributed by atoms with Crippen molar-refractivity contribution < 1.29 is 18.7 Å². The summed E-state index contributed by atoms with van der Waals surface area (Å²) in [5.74, 6) is 0.291. The third-order valence-corrected chi connectivity index (χ3v) is 4.58. The van der Waals surface area contributed by atoms with E-state index < -0.39 is 11.7 Å². The highest BCUT2D eigenvalue weighted by Crippen LogP contribution is 2.24. The number of nitrogens with two attached hydrogens (primary N) is 1. The second-order valence-corrected chi connectivity index (χ2v) is 6.72. The van der Waals surface area contributed by atoms with E-state index in [1.54, 1.807) is 0 Å². The molecule has 27 heavy (non-hydrogen) atoms. The maximum absolute atomic E-state index is 14.1. The van der Waals surface area contributed by atoms with Crippen molar-refractivity contribution >= 4 is 5.91 Å². The van der Waals surface area contributed by atoms with Gasteiger partial charge in [0.1, 0.15) is 17.3 Å². The normalized spacial score (nSPS) is 16.7. The summed E-state index contributed by atoms with van der Waals surface area (Å²) in [7, 11) is 0. The van der Waals surface area contributed by atoms with Crippen LogP contribution < -0.4 is 15.8 Å². The molecule has 2 aromatic carbocycles. The number of nitrogens with one attached hydrogen (secondary N) is 1. The number of benzene rings is 2. The number of hydrogen-bond donors (Lipinski definition) is 2. The van der Waals surface area contributed by atoms with E-state index in [2.05, 4.69) is 5.32 Å². The van der Waals surface area contributed by atoms with Crippen LogP contribution in [0.1, 0.15) is 28.8 Å². The van der Waals surface area contributed by atoms with Gasteiger partial charge in [-0.15, -0.1) is 0 Å². The van der Waals surface area contributed by atoms with Crippen molar-refractivity contribution in [2.24, 2.45) is 11.7 Å². The van der Waals surface area contributed by atoms with Gasteiger partial charge in [-0.25, -0.2) is 4.39 Å². The molecule has 1 unspecified atom stereocenters. The molecule has 1 saturated heterocycles. The van der Waals surface area contributed by atoms with Gasteiger partial charge in [0.2, 0.25) is 0 Å². The fraction of sp³-hybridized carbons (Fsp3) is 0.381. The second-order valence-electron chi connectivity index (χ2n) is 6.72. The van der Waals surface area contributed by atoms with Crippen molar-refractivity contribution in [3.63, 3.8) is 0 Å². The number of halogens is 1. The Labute approximate surface area is 158 Å². The zero-order chi connectivity index (χ0) is 19.1. The van der Waals surface area contributed by atoms with Crippen LogP contribution in [0.25, 0.3) is 0 Å². The van der Waals surface area contributed by atoms with Crippen LogP contribution in [0.15, 0.2) is 42.5 Å². The Morgan fingerprint density at radius 3 is 2.70 bits per heavy atom. The molecule has 1 heterocycles. The lowest BCUT2D eigenvalue weighted by atomic mass is 10.0. The molecular weight excluding hydrogens is 347 g/mol. The standard InChI is InChI=1S/C21H25FN2O3/c22-20-8-7-18(27-17-5-3-15(4-6-17)9-10-23)12-19(20)21(25)24-13-16-2-1-11-26-14-16/h3-8,12,16H,1-2,9-11,13-14,23H2,(H,24,25). The molecule has 0 radical (unpaired) electrons. The Hall–Kier alpha value is -2.44. The predicted octanol–water partition coefficient (Wildman–Crippen LogP) is 3.28. The third-order valence-electron chi connectivity index (χ3n) is 4.58. The fourth-order valence-corrected chi connectivity index (χ4v) is 3.07. The monoisotopic (exact) mass is 372 g/mol. The van der Waals surface area contributed by atoms with Crippen molar-refractivity contribution in [2.45, 2.75) is 19.3 Å². The van der Waals surface area contributed by atoms with Crippen molar-refractivity contribution in [2.75, 3.05) is 26.3 Å². The smallest absolute Gasteiger partial charge is 0.254 e. The Balaban J connectivity index is 1.63. The Morgan fingerprint density at radius 2 is 2.00 bits per heavy atom. The van der Waals surface area contributed by atoms with E-state index in [1.165, 1.54) is 18.2 Å². The first-order valence-electron chi connectivity index (χ1n) is 9.28. The zero-order valence-electron chi connectivity index (χ0n) is 15.2. The van der Waals surface area contributed by atoms with Crippen molar-refractivity contribution in [3.05, 3.63) is 59.4 Å². The highest BCUT2D eigenvalue weighted by molar-refractivity contribution is 5.94. The summed E-state index contributed by atoms with van der Waals surface area (Å²) in [4.78, 5) is 12.4. The summed E-state index contributed by atoms with van der Waals surface area (Å²) in [6.45, 7) is 2.47. The lowest BCUT2D eigenvalue weighted by Gasteiger charge is -2.22. The van der Waals surface area contributed by atoms with Crippen LogP contribution in [0.2, 0.25) is 0 Å². The third kappa shape index (κ3) is 5.52. The van der Waals surface area contributed by atoms with Gasteiger partial charge >= 0.3 is 0 Å². The first kappa shape index (κ1) is 19.3. The number of carbonyl (C=O) groups excluding carboxylic acids is 1. The van der Waals surface area contributed by atoms with Crippen LogP contribution >= 0.6 is 0 Å². The number of hydrogen-bond acceptors (Lipinski definition) is 4. The second kappa shape index (κ2) is 9.48. The Morgan fingerprint density at radius 1 is 1.22 bits per heavy atom. The molecule has 5 nitrogen and oxygen atoms in total. The van der Waals surface area contributed by atoms with Crippen molar-refractivity contribution in [1.29, 1.82) is 0 Å². The van der Waals surface area contributed by atoms with Crippen LogP contribution in [0.4, 0.5) is 4.39 Å². The fourth-order valence-electron chi connectivity index (χ4n) is 3.07. The number of amides is 1. The van der Waals surface area contributed by atoms with Gasteiger partial charge in [0.25, 0.3) is 5.91 Å². The van der Waals surface area contributed by atoms with E-state index in [1.807, 2.05) is 24.3 Å². The van der Waals surface area contributed by atoms with Crippen LogP contribution in [0, 0.1) is 11.7 Å². The van der Waals surface area contributed by atoms with Gasteiger partial charge in [-0.2, -0.15) is 0 Å². The highest BCUT2D eigenvalue weighted by atomic mass is 19.1. The molecule has 0 aromatic heterocycles. The van der Waals surface area contributed by atoms with E-state index in [-0.39, 0.29) is 11.5 Å². The minimum atomic E-state index is -0.571. The van der Waals surface area contributed by atoms with E-state index in [4.69, 9.17) is 15.2 Å². The Bertz CT molecular complexity index is 759. The molecule has 3 N–H and O–H groups in total. The topological polar surface area (TPSA) is 73.6 Å². The van der Waals surface area contributed by atoms with Crippen molar-refractivity contribution in [3.8, 4) is 11.5 Å². The minimum Gasteiger partial charge on any atom is -0.457 e. The predicted molar refractivity (Wildman–Crippen MR) is 102 cm³/mol. The summed E-state index contributed by atoms with van der Waals surface area (Å²) in [5.41, 5.74) is 6.64. The van der Waals surface area contributed by atoms with Crippen LogP contribution in [-0.2, 0) is 11.2 Å². The Kier molecular flexibility index (Phi) is 6.79. The molecule has 6 heteroatoms. The molecule has 0 spiro atoms. The van der Waals surface area contributed by atoms with Crippen LogP contribution in [-0.4, -0.2) is 32.2 Å². The molecule has 1 aliphatic rings. The molecule has 1 aliphatic heterocycles. The average molecular weight is 372 g/mol. The van der Waals surface area contributed by atoms with Gasteiger partial charge in [0, 0.05) is 13.2 Å². The molecule has 0 aliphatic carbocycles. The number of rotatable bonds is 7. The van der Waals surface area contributed by atoms with Gasteiger partial charge in [-0.3, -0.25) is 4.79 Å². The maximum Gasteiger partial charge on any atom is 0.254 e.